The first-order valence-electron chi connectivity index (χ1n) is 13.2. The average molecular weight is 435 g/mol. The Bertz CT molecular complexity index is 678. The van der Waals surface area contributed by atoms with Crippen LogP contribution >= 0.6 is 0 Å². The minimum Gasteiger partial charge on any atom is -0.481 e. The zero-order valence-corrected chi connectivity index (χ0v) is 20.3. The van der Waals surface area contributed by atoms with Gasteiger partial charge in [-0.05, 0) is 111 Å². The first kappa shape index (κ1) is 23.5. The van der Waals surface area contributed by atoms with Gasteiger partial charge >= 0.3 is 5.97 Å². The Labute approximate surface area is 189 Å². The van der Waals surface area contributed by atoms with Gasteiger partial charge < -0.3 is 15.3 Å². The second kappa shape index (κ2) is 8.31. The first-order valence-corrected chi connectivity index (χ1v) is 13.2. The number of aliphatic carboxylic acids is 1. The van der Waals surface area contributed by atoms with E-state index >= 15 is 0 Å². The zero-order valence-electron chi connectivity index (χ0n) is 20.3. The lowest BCUT2D eigenvalue weighted by atomic mass is 9.40. The van der Waals surface area contributed by atoms with Crippen molar-refractivity contribution in [3.8, 4) is 0 Å². The minimum atomic E-state index is -0.682. The summed E-state index contributed by atoms with van der Waals surface area (Å²) in [5, 5.41) is 31.8. The van der Waals surface area contributed by atoms with Crippen LogP contribution in [0.1, 0.15) is 105 Å². The van der Waals surface area contributed by atoms with E-state index in [0.29, 0.717) is 35.5 Å². The molecule has 4 aliphatic rings. The normalized spacial score (nSPS) is 50.3. The monoisotopic (exact) mass is 434 g/mol. The predicted octanol–water partition coefficient (Wildman–Crippen LogP) is 5.65. The summed E-state index contributed by atoms with van der Waals surface area (Å²) in [6.07, 6.45) is 11.3. The molecule has 0 aromatic heterocycles. The van der Waals surface area contributed by atoms with Crippen LogP contribution in [0.2, 0.25) is 0 Å². The fraction of sp³-hybridized carbons (Fsp3) is 0.963. The molecule has 0 aromatic rings. The van der Waals surface area contributed by atoms with Crippen molar-refractivity contribution in [2.45, 2.75) is 116 Å². The van der Waals surface area contributed by atoms with Crippen molar-refractivity contribution in [3.05, 3.63) is 0 Å². The fourth-order valence-electron chi connectivity index (χ4n) is 9.62. The Morgan fingerprint density at radius 3 is 2.42 bits per heavy atom. The second-order valence-electron chi connectivity index (χ2n) is 12.6. The number of carboxylic acid groups (broad SMARTS) is 1. The first-order chi connectivity index (χ1) is 14.5. The van der Waals surface area contributed by atoms with E-state index < -0.39 is 11.6 Å². The number of aliphatic hydroxyl groups excluding tert-OH is 1. The van der Waals surface area contributed by atoms with Gasteiger partial charge in [0.15, 0.2) is 0 Å². The van der Waals surface area contributed by atoms with Gasteiger partial charge in [0.2, 0.25) is 0 Å². The van der Waals surface area contributed by atoms with Gasteiger partial charge in [0, 0.05) is 6.42 Å². The molecular weight excluding hydrogens is 388 g/mol. The molecular formula is C27H46O4. The third kappa shape index (κ3) is 3.78. The van der Waals surface area contributed by atoms with E-state index in [2.05, 4.69) is 27.7 Å². The summed E-state index contributed by atoms with van der Waals surface area (Å²) in [5.74, 6) is 2.22. The smallest absolute Gasteiger partial charge is 0.303 e. The lowest BCUT2D eigenvalue weighted by molar-refractivity contribution is -0.221. The maximum Gasteiger partial charge on any atom is 0.303 e. The average Bonchev–Trinajstić information content (AvgIpc) is 3.05. The molecule has 0 spiro atoms. The molecule has 3 unspecified atom stereocenters. The molecule has 0 amide bonds. The predicted molar refractivity (Wildman–Crippen MR) is 122 cm³/mol. The van der Waals surface area contributed by atoms with Crippen LogP contribution < -0.4 is 0 Å². The molecule has 0 bridgehead atoms. The van der Waals surface area contributed by atoms with Gasteiger partial charge in [0.05, 0.1) is 11.7 Å². The van der Waals surface area contributed by atoms with Crippen molar-refractivity contribution in [3.63, 3.8) is 0 Å². The minimum absolute atomic E-state index is 0.194. The SMILES string of the molecule is CCCC1(O)CC2CC(O)CC[C@]2(C)[C@H]2CC[C@]3(C)[C@@H]([C@H](C)CCC(=O)O)CC[C@H]3[C@@H]21. The Balaban J connectivity index is 1.65. The van der Waals surface area contributed by atoms with Crippen molar-refractivity contribution in [1.29, 1.82) is 0 Å². The van der Waals surface area contributed by atoms with Crippen LogP contribution in [0, 0.1) is 46.3 Å². The summed E-state index contributed by atoms with van der Waals surface area (Å²) < 4.78 is 0. The number of hydrogen-bond donors (Lipinski definition) is 3. The van der Waals surface area contributed by atoms with Crippen LogP contribution in [0.3, 0.4) is 0 Å². The summed E-state index contributed by atoms with van der Waals surface area (Å²) in [5.41, 5.74) is -0.136. The summed E-state index contributed by atoms with van der Waals surface area (Å²) in [6, 6.07) is 0. The number of carbonyl (C=O) groups is 1. The van der Waals surface area contributed by atoms with E-state index in [1.54, 1.807) is 0 Å². The third-order valence-electron chi connectivity index (χ3n) is 11.1. The maximum absolute atomic E-state index is 12.2. The number of aliphatic hydroxyl groups is 2. The quantitative estimate of drug-likeness (QED) is 0.505. The highest BCUT2D eigenvalue weighted by Crippen LogP contribution is 2.70. The summed E-state index contributed by atoms with van der Waals surface area (Å²) in [6.45, 7) is 9.43. The standard InChI is InChI=1S/C27H46O4/c1-5-12-27(31)16-18-15-19(28)10-13-25(18,3)22-11-14-26(4)20(7-8-21(26)24(22)27)17(2)6-9-23(29)30/h17-22,24,28,31H,5-16H2,1-4H3,(H,29,30)/t17-,18?,19?,20-,21+,22+,24+,25+,26-,27?/m1/s1. The van der Waals surface area contributed by atoms with E-state index in [-0.39, 0.29) is 23.4 Å². The van der Waals surface area contributed by atoms with E-state index in [0.717, 1.165) is 44.9 Å². The van der Waals surface area contributed by atoms with Gasteiger partial charge in [-0.2, -0.15) is 0 Å². The van der Waals surface area contributed by atoms with Crippen LogP contribution in [-0.4, -0.2) is 33.0 Å². The largest absolute Gasteiger partial charge is 0.481 e. The summed E-state index contributed by atoms with van der Waals surface area (Å²) in [4.78, 5) is 11.2. The van der Waals surface area contributed by atoms with Crippen molar-refractivity contribution < 1.29 is 20.1 Å². The molecule has 0 aromatic carbocycles. The molecule has 178 valence electrons. The van der Waals surface area contributed by atoms with E-state index in [1.807, 2.05) is 0 Å². The maximum atomic E-state index is 12.2. The molecule has 4 saturated carbocycles. The van der Waals surface area contributed by atoms with E-state index in [9.17, 15) is 20.1 Å². The number of rotatable bonds is 6. The number of carboxylic acids is 1. The zero-order chi connectivity index (χ0) is 22.6. The van der Waals surface area contributed by atoms with Crippen molar-refractivity contribution in [2.75, 3.05) is 0 Å². The molecule has 4 rings (SSSR count). The third-order valence-corrected chi connectivity index (χ3v) is 11.1. The molecule has 10 atom stereocenters. The van der Waals surface area contributed by atoms with Crippen LogP contribution in [0.25, 0.3) is 0 Å². The Hall–Kier alpha value is -0.610. The lowest BCUT2D eigenvalue weighted by Crippen LogP contribution is -2.63. The number of hydrogen-bond acceptors (Lipinski definition) is 3. The van der Waals surface area contributed by atoms with Crippen molar-refractivity contribution in [2.24, 2.45) is 46.3 Å². The van der Waals surface area contributed by atoms with Gasteiger partial charge in [-0.25, -0.2) is 0 Å². The molecule has 3 N–H and O–H groups in total. The van der Waals surface area contributed by atoms with Crippen LogP contribution in [-0.2, 0) is 4.79 Å². The second-order valence-corrected chi connectivity index (χ2v) is 12.6. The molecule has 0 aliphatic heterocycles. The van der Waals surface area contributed by atoms with Gasteiger partial charge in [-0.3, -0.25) is 4.79 Å². The van der Waals surface area contributed by atoms with Crippen LogP contribution in [0.15, 0.2) is 0 Å². The van der Waals surface area contributed by atoms with Crippen molar-refractivity contribution in [1.82, 2.24) is 0 Å². The number of fused-ring (bicyclic) bond motifs is 5. The summed E-state index contributed by atoms with van der Waals surface area (Å²) >= 11 is 0. The Kier molecular flexibility index (Phi) is 6.31. The Morgan fingerprint density at radius 2 is 1.74 bits per heavy atom. The molecule has 4 fully saturated rings. The molecule has 4 heteroatoms. The molecule has 4 aliphatic carbocycles. The molecule has 0 saturated heterocycles. The van der Waals surface area contributed by atoms with Crippen molar-refractivity contribution >= 4 is 5.97 Å². The molecule has 0 radical (unpaired) electrons. The highest BCUT2D eigenvalue weighted by atomic mass is 16.4. The van der Waals surface area contributed by atoms with E-state index in [4.69, 9.17) is 0 Å². The lowest BCUT2D eigenvalue weighted by Gasteiger charge is -2.66. The Morgan fingerprint density at radius 1 is 1.06 bits per heavy atom. The van der Waals surface area contributed by atoms with Crippen LogP contribution in [0.5, 0.6) is 0 Å². The topological polar surface area (TPSA) is 77.8 Å². The molecule has 31 heavy (non-hydrogen) atoms. The highest BCUT2D eigenvalue weighted by Gasteiger charge is 2.66. The van der Waals surface area contributed by atoms with Gasteiger partial charge in [0.1, 0.15) is 0 Å². The highest BCUT2D eigenvalue weighted by molar-refractivity contribution is 5.66. The fourth-order valence-corrected chi connectivity index (χ4v) is 9.62. The van der Waals surface area contributed by atoms with Crippen LogP contribution in [0.4, 0.5) is 0 Å². The van der Waals surface area contributed by atoms with E-state index in [1.165, 1.54) is 25.7 Å². The van der Waals surface area contributed by atoms with Gasteiger partial charge in [0.25, 0.3) is 0 Å². The summed E-state index contributed by atoms with van der Waals surface area (Å²) in [7, 11) is 0. The molecule has 0 heterocycles. The van der Waals surface area contributed by atoms with Gasteiger partial charge in [-0.15, -0.1) is 0 Å². The van der Waals surface area contributed by atoms with Gasteiger partial charge in [-0.1, -0.05) is 34.1 Å². The molecule has 4 nitrogen and oxygen atoms in total.